The topological polar surface area (TPSA) is 62.1 Å². The van der Waals surface area contributed by atoms with Gasteiger partial charge in [-0.2, -0.15) is 5.26 Å². The molecule has 0 fully saturated rings. The van der Waals surface area contributed by atoms with Gasteiger partial charge in [-0.1, -0.05) is 31.2 Å². The number of nitrogens with zero attached hydrogens (tertiary/aromatic N) is 1. The smallest absolute Gasteiger partial charge is 0.266 e. The highest BCUT2D eigenvalue weighted by molar-refractivity contribution is 6.09. The highest BCUT2D eigenvalue weighted by atomic mass is 16.5. The van der Waals surface area contributed by atoms with Gasteiger partial charge in [0.2, 0.25) is 0 Å². The fourth-order valence-electron chi connectivity index (χ4n) is 2.04. The molecule has 0 bridgehead atoms. The second-order valence-electron chi connectivity index (χ2n) is 4.95. The molecule has 0 aromatic heterocycles. The number of benzene rings is 2. The second-order valence-corrected chi connectivity index (χ2v) is 4.95. The highest BCUT2D eigenvalue weighted by Crippen LogP contribution is 2.15. The number of ether oxygens (including phenoxy) is 1. The molecule has 4 nitrogen and oxygen atoms in total. The van der Waals surface area contributed by atoms with E-state index in [1.807, 2.05) is 30.3 Å². The summed E-state index contributed by atoms with van der Waals surface area (Å²) >= 11 is 0. The lowest BCUT2D eigenvalue weighted by atomic mass is 10.1. The number of hydrogen-bond acceptors (Lipinski definition) is 3. The van der Waals surface area contributed by atoms with Crippen molar-refractivity contribution < 1.29 is 9.53 Å². The quantitative estimate of drug-likeness (QED) is 0.675. The number of methoxy groups -OCH3 is 1. The van der Waals surface area contributed by atoms with Crippen molar-refractivity contribution in [2.75, 3.05) is 12.4 Å². The number of hydrogen-bond donors (Lipinski definition) is 1. The molecule has 2 rings (SSSR count). The lowest BCUT2D eigenvalue weighted by molar-refractivity contribution is -0.112. The molecule has 4 heteroatoms. The first-order valence-electron chi connectivity index (χ1n) is 7.32. The van der Waals surface area contributed by atoms with Gasteiger partial charge in [0.05, 0.1) is 7.11 Å². The fraction of sp³-hybridized carbons (Fsp3) is 0.158. The Morgan fingerprint density at radius 3 is 2.35 bits per heavy atom. The van der Waals surface area contributed by atoms with E-state index in [0.717, 1.165) is 17.7 Å². The van der Waals surface area contributed by atoms with Crippen molar-refractivity contribution in [3.8, 4) is 11.8 Å². The van der Waals surface area contributed by atoms with Crippen molar-refractivity contribution in [1.82, 2.24) is 0 Å². The van der Waals surface area contributed by atoms with Crippen molar-refractivity contribution >= 4 is 17.7 Å². The first-order valence-corrected chi connectivity index (χ1v) is 7.32. The normalized spacial score (nSPS) is 10.7. The summed E-state index contributed by atoms with van der Waals surface area (Å²) in [7, 11) is 1.59. The lowest BCUT2D eigenvalue weighted by Gasteiger charge is -2.05. The minimum absolute atomic E-state index is 0.0507. The average Bonchev–Trinajstić information content (AvgIpc) is 2.60. The Balaban J connectivity index is 2.13. The van der Waals surface area contributed by atoms with Gasteiger partial charge >= 0.3 is 0 Å². The van der Waals surface area contributed by atoms with Crippen molar-refractivity contribution in [3.05, 3.63) is 65.2 Å². The van der Waals surface area contributed by atoms with Gasteiger partial charge in [-0.15, -0.1) is 0 Å². The Labute approximate surface area is 136 Å². The van der Waals surface area contributed by atoms with Crippen LogP contribution in [0.4, 0.5) is 5.69 Å². The number of anilines is 1. The first kappa shape index (κ1) is 16.3. The molecule has 0 aliphatic heterocycles. The van der Waals surface area contributed by atoms with Gasteiger partial charge in [0.15, 0.2) is 0 Å². The lowest BCUT2D eigenvalue weighted by Crippen LogP contribution is -2.13. The van der Waals surface area contributed by atoms with Gasteiger partial charge < -0.3 is 10.1 Å². The molecule has 116 valence electrons. The zero-order valence-corrected chi connectivity index (χ0v) is 13.2. The number of amides is 1. The monoisotopic (exact) mass is 306 g/mol. The summed E-state index contributed by atoms with van der Waals surface area (Å²) in [5.74, 6) is 0.300. The molecular weight excluding hydrogens is 288 g/mol. The van der Waals surface area contributed by atoms with Crippen LogP contribution < -0.4 is 10.1 Å². The van der Waals surface area contributed by atoms with Gasteiger partial charge in [-0.25, -0.2) is 0 Å². The van der Waals surface area contributed by atoms with E-state index < -0.39 is 5.91 Å². The van der Waals surface area contributed by atoms with Crippen LogP contribution in [0.3, 0.4) is 0 Å². The van der Waals surface area contributed by atoms with Crippen molar-refractivity contribution in [3.63, 3.8) is 0 Å². The van der Waals surface area contributed by atoms with E-state index in [-0.39, 0.29) is 5.57 Å². The van der Waals surface area contributed by atoms with Crippen molar-refractivity contribution in [2.24, 2.45) is 0 Å². The molecule has 2 aromatic rings. The van der Waals surface area contributed by atoms with Crippen LogP contribution in [0.2, 0.25) is 0 Å². The molecule has 0 heterocycles. The molecule has 0 unspecified atom stereocenters. The maximum Gasteiger partial charge on any atom is 0.266 e. The Kier molecular flexibility index (Phi) is 5.54. The molecule has 0 saturated carbocycles. The molecule has 0 radical (unpaired) electrons. The van der Waals surface area contributed by atoms with Crippen LogP contribution in [-0.2, 0) is 11.2 Å². The molecule has 0 spiro atoms. The second kappa shape index (κ2) is 7.81. The molecule has 23 heavy (non-hydrogen) atoms. The Bertz CT molecular complexity index is 738. The molecule has 0 saturated heterocycles. The van der Waals surface area contributed by atoms with E-state index in [9.17, 15) is 10.1 Å². The maximum atomic E-state index is 12.2. The van der Waals surface area contributed by atoms with Crippen LogP contribution in [0.15, 0.2) is 54.1 Å². The van der Waals surface area contributed by atoms with Crippen LogP contribution in [0.25, 0.3) is 6.08 Å². The zero-order chi connectivity index (χ0) is 16.7. The van der Waals surface area contributed by atoms with Gasteiger partial charge in [0.1, 0.15) is 17.4 Å². The summed E-state index contributed by atoms with van der Waals surface area (Å²) in [6, 6.07) is 16.7. The maximum absolute atomic E-state index is 12.2. The number of nitriles is 1. The predicted molar refractivity (Wildman–Crippen MR) is 91.0 cm³/mol. The van der Waals surface area contributed by atoms with E-state index in [1.54, 1.807) is 37.5 Å². The zero-order valence-electron chi connectivity index (χ0n) is 13.2. The van der Waals surface area contributed by atoms with Crippen molar-refractivity contribution in [1.29, 1.82) is 5.26 Å². The summed E-state index contributed by atoms with van der Waals surface area (Å²) in [5.41, 5.74) is 2.67. The molecule has 0 aliphatic carbocycles. The molecule has 1 amide bonds. The molecule has 0 aliphatic rings. The molecule has 0 atom stereocenters. The van der Waals surface area contributed by atoms with Crippen LogP contribution in [0.5, 0.6) is 5.75 Å². The third kappa shape index (κ3) is 4.45. The van der Waals surface area contributed by atoms with Crippen molar-refractivity contribution in [2.45, 2.75) is 13.3 Å². The summed E-state index contributed by atoms with van der Waals surface area (Å²) in [5, 5.41) is 11.9. The number of rotatable bonds is 5. The Morgan fingerprint density at radius 2 is 1.83 bits per heavy atom. The van der Waals surface area contributed by atoms with E-state index >= 15 is 0 Å². The number of aryl methyl sites for hydroxylation is 1. The SMILES string of the molecule is CCc1ccc(NC(=O)/C(C#N)=C/c2ccc(OC)cc2)cc1. The minimum atomic E-state index is -0.424. The summed E-state index contributed by atoms with van der Waals surface area (Å²) < 4.78 is 5.08. The van der Waals surface area contributed by atoms with E-state index in [2.05, 4.69) is 12.2 Å². The summed E-state index contributed by atoms with van der Waals surface area (Å²) in [6.07, 6.45) is 2.49. The first-order chi connectivity index (χ1) is 11.2. The molecule has 2 aromatic carbocycles. The number of nitrogens with one attached hydrogen (secondary N) is 1. The third-order valence-corrected chi connectivity index (χ3v) is 3.41. The predicted octanol–water partition coefficient (Wildman–Crippen LogP) is 3.80. The standard InChI is InChI=1S/C19H18N2O2/c1-3-14-4-8-17(9-5-14)21-19(22)16(13-20)12-15-6-10-18(23-2)11-7-15/h4-12H,3H2,1-2H3,(H,21,22)/b16-12+. The number of carbonyl (C=O) groups is 1. The third-order valence-electron chi connectivity index (χ3n) is 3.41. The van der Waals surface area contributed by atoms with Crippen LogP contribution in [0, 0.1) is 11.3 Å². The van der Waals surface area contributed by atoms with Crippen LogP contribution in [-0.4, -0.2) is 13.0 Å². The average molecular weight is 306 g/mol. The summed E-state index contributed by atoms with van der Waals surface area (Å²) in [4.78, 5) is 12.2. The minimum Gasteiger partial charge on any atom is -0.497 e. The Hall–Kier alpha value is -3.06. The van der Waals surface area contributed by atoms with Gasteiger partial charge in [-0.05, 0) is 47.9 Å². The molecule has 1 N–H and O–H groups in total. The fourth-order valence-corrected chi connectivity index (χ4v) is 2.04. The Morgan fingerprint density at radius 1 is 1.17 bits per heavy atom. The van der Waals surface area contributed by atoms with Gasteiger partial charge in [0, 0.05) is 5.69 Å². The van der Waals surface area contributed by atoms with E-state index in [4.69, 9.17) is 4.74 Å². The van der Waals surface area contributed by atoms with Crippen LogP contribution in [0.1, 0.15) is 18.1 Å². The van der Waals surface area contributed by atoms with Gasteiger partial charge in [-0.3, -0.25) is 4.79 Å². The van der Waals surface area contributed by atoms with Crippen LogP contribution >= 0.6 is 0 Å². The number of carbonyl (C=O) groups excluding carboxylic acids is 1. The van der Waals surface area contributed by atoms with E-state index in [1.165, 1.54) is 5.56 Å². The summed E-state index contributed by atoms with van der Waals surface area (Å²) in [6.45, 7) is 2.07. The highest BCUT2D eigenvalue weighted by Gasteiger charge is 2.09. The van der Waals surface area contributed by atoms with Gasteiger partial charge in [0.25, 0.3) is 5.91 Å². The molecular formula is C19H18N2O2. The largest absolute Gasteiger partial charge is 0.497 e. The van der Waals surface area contributed by atoms with E-state index in [0.29, 0.717) is 5.69 Å².